The second-order valence-electron chi connectivity index (χ2n) is 5.73. The van der Waals surface area contributed by atoms with Gasteiger partial charge < -0.3 is 15.2 Å². The Balaban J connectivity index is 1.59. The van der Waals surface area contributed by atoms with Crippen molar-refractivity contribution in [3.8, 4) is 0 Å². The maximum absolute atomic E-state index is 12.4. The molecule has 1 fully saturated rings. The van der Waals surface area contributed by atoms with E-state index in [1.165, 1.54) is 0 Å². The molecule has 0 spiro atoms. The largest absolute Gasteiger partial charge is 0.341 e. The van der Waals surface area contributed by atoms with Crippen molar-refractivity contribution in [1.82, 2.24) is 20.2 Å². The van der Waals surface area contributed by atoms with Crippen LogP contribution in [0.25, 0.3) is 11.0 Å². The molecule has 5 nitrogen and oxygen atoms in total. The van der Waals surface area contributed by atoms with E-state index in [0.717, 1.165) is 36.5 Å². The number of aromatic amines is 1. The van der Waals surface area contributed by atoms with Gasteiger partial charge in [-0.15, -0.1) is 11.8 Å². The third kappa shape index (κ3) is 3.28. The maximum Gasteiger partial charge on any atom is 0.232 e. The van der Waals surface area contributed by atoms with Gasteiger partial charge in [-0.2, -0.15) is 0 Å². The fourth-order valence-corrected chi connectivity index (χ4v) is 3.56. The Morgan fingerprint density at radius 1 is 1.50 bits per heavy atom. The van der Waals surface area contributed by atoms with Gasteiger partial charge in [-0.1, -0.05) is 12.1 Å². The Morgan fingerprint density at radius 3 is 3.09 bits per heavy atom. The number of carbonyl (C=O) groups is 1. The predicted octanol–water partition coefficient (Wildman–Crippen LogP) is 2.18. The van der Waals surface area contributed by atoms with Crippen molar-refractivity contribution >= 4 is 28.7 Å². The fraction of sp³-hybridized carbons (Fsp3) is 0.500. The highest BCUT2D eigenvalue weighted by atomic mass is 32.2. The number of fused-ring (bicyclic) bond motifs is 1. The number of hydrogen-bond acceptors (Lipinski definition) is 4. The number of para-hydroxylation sites is 2. The Morgan fingerprint density at radius 2 is 2.32 bits per heavy atom. The minimum absolute atomic E-state index is 0.176. The Kier molecular flexibility index (Phi) is 4.69. The molecule has 1 saturated heterocycles. The number of imidazole rings is 1. The first-order valence-corrected chi connectivity index (χ1v) is 8.76. The highest BCUT2D eigenvalue weighted by Gasteiger charge is 2.23. The molecule has 0 radical (unpaired) electrons. The van der Waals surface area contributed by atoms with E-state index in [2.05, 4.69) is 29.1 Å². The lowest BCUT2D eigenvalue weighted by Crippen LogP contribution is -2.52. The zero-order chi connectivity index (χ0) is 15.5. The summed E-state index contributed by atoms with van der Waals surface area (Å²) in [6.45, 7) is 6.77. The minimum atomic E-state index is 0.176. The van der Waals surface area contributed by atoms with Crippen LogP contribution in [-0.2, 0) is 4.79 Å². The van der Waals surface area contributed by atoms with E-state index in [-0.39, 0.29) is 17.2 Å². The molecule has 1 amide bonds. The first-order chi connectivity index (χ1) is 10.6. The number of aromatic nitrogens is 2. The number of amides is 1. The van der Waals surface area contributed by atoms with E-state index in [4.69, 9.17) is 0 Å². The number of thioether (sulfide) groups is 1. The Bertz CT molecular complexity index is 623. The molecule has 2 heterocycles. The molecule has 0 saturated carbocycles. The summed E-state index contributed by atoms with van der Waals surface area (Å²) >= 11 is 1.64. The maximum atomic E-state index is 12.4. The van der Waals surface area contributed by atoms with E-state index < -0.39 is 0 Å². The van der Waals surface area contributed by atoms with Crippen LogP contribution in [-0.4, -0.2) is 52.2 Å². The summed E-state index contributed by atoms with van der Waals surface area (Å²) in [6, 6.07) is 8.29. The molecule has 2 N–H and O–H groups in total. The van der Waals surface area contributed by atoms with Crippen LogP contribution in [0.2, 0.25) is 0 Å². The van der Waals surface area contributed by atoms with Crippen LogP contribution in [0.1, 0.15) is 24.9 Å². The molecule has 1 unspecified atom stereocenters. The van der Waals surface area contributed by atoms with Crippen molar-refractivity contribution in [2.45, 2.75) is 25.1 Å². The highest BCUT2D eigenvalue weighted by Crippen LogP contribution is 2.28. The predicted molar refractivity (Wildman–Crippen MR) is 91.0 cm³/mol. The van der Waals surface area contributed by atoms with Gasteiger partial charge in [0.15, 0.2) is 0 Å². The molecular formula is C16H22N4OS. The van der Waals surface area contributed by atoms with Gasteiger partial charge in [0, 0.05) is 25.7 Å². The van der Waals surface area contributed by atoms with E-state index in [0.29, 0.717) is 5.75 Å². The molecule has 1 aromatic carbocycles. The SMILES string of the molecule is CC(SCC(=O)N1CCNC[C@@H]1C)c1nc2ccccc2[nH]1. The van der Waals surface area contributed by atoms with Gasteiger partial charge >= 0.3 is 0 Å². The fourth-order valence-electron chi connectivity index (χ4n) is 2.73. The van der Waals surface area contributed by atoms with Crippen LogP contribution >= 0.6 is 11.8 Å². The average molecular weight is 318 g/mol. The quantitative estimate of drug-likeness (QED) is 0.907. The topological polar surface area (TPSA) is 61.0 Å². The first-order valence-electron chi connectivity index (χ1n) is 7.71. The number of H-pyrrole nitrogens is 1. The summed E-state index contributed by atoms with van der Waals surface area (Å²) in [5.74, 6) is 1.66. The summed E-state index contributed by atoms with van der Waals surface area (Å²) < 4.78 is 0. The number of hydrogen-bond donors (Lipinski definition) is 2. The third-order valence-corrected chi connectivity index (χ3v) is 5.21. The van der Waals surface area contributed by atoms with Gasteiger partial charge in [-0.25, -0.2) is 4.98 Å². The number of piperazine rings is 1. The van der Waals surface area contributed by atoms with Crippen molar-refractivity contribution in [1.29, 1.82) is 0 Å². The molecule has 1 aliphatic heterocycles. The van der Waals surface area contributed by atoms with E-state index in [1.54, 1.807) is 11.8 Å². The van der Waals surface area contributed by atoms with Crippen molar-refractivity contribution in [3.05, 3.63) is 30.1 Å². The Hall–Kier alpha value is -1.53. The van der Waals surface area contributed by atoms with Gasteiger partial charge in [-0.05, 0) is 26.0 Å². The lowest BCUT2D eigenvalue weighted by molar-refractivity contribution is -0.131. The number of nitrogens with zero attached hydrogens (tertiary/aromatic N) is 2. The van der Waals surface area contributed by atoms with E-state index in [9.17, 15) is 4.79 Å². The van der Waals surface area contributed by atoms with Gasteiger partial charge in [0.1, 0.15) is 5.82 Å². The second-order valence-corrected chi connectivity index (χ2v) is 7.06. The number of rotatable bonds is 4. The zero-order valence-corrected chi connectivity index (χ0v) is 13.8. The van der Waals surface area contributed by atoms with Gasteiger partial charge in [0.2, 0.25) is 5.91 Å². The van der Waals surface area contributed by atoms with Gasteiger partial charge in [0.25, 0.3) is 0 Å². The van der Waals surface area contributed by atoms with E-state index >= 15 is 0 Å². The van der Waals surface area contributed by atoms with Crippen LogP contribution < -0.4 is 5.32 Å². The molecular weight excluding hydrogens is 296 g/mol. The molecule has 2 atom stereocenters. The lowest BCUT2D eigenvalue weighted by Gasteiger charge is -2.34. The summed E-state index contributed by atoms with van der Waals surface area (Å²) in [4.78, 5) is 22.3. The smallest absolute Gasteiger partial charge is 0.232 e. The Labute approximate surface area is 134 Å². The molecule has 0 aliphatic carbocycles. The number of carbonyl (C=O) groups excluding carboxylic acids is 1. The first kappa shape index (κ1) is 15.4. The molecule has 2 aromatic rings. The molecule has 22 heavy (non-hydrogen) atoms. The summed E-state index contributed by atoms with van der Waals surface area (Å²) in [6.07, 6.45) is 0. The summed E-state index contributed by atoms with van der Waals surface area (Å²) in [7, 11) is 0. The second kappa shape index (κ2) is 6.71. The standard InChI is InChI=1S/C16H22N4OS/c1-11-9-17-7-8-20(11)15(21)10-22-12(2)16-18-13-5-3-4-6-14(13)19-16/h3-6,11-12,17H,7-10H2,1-2H3,(H,18,19)/t11-,12?/m0/s1. The average Bonchev–Trinajstić information content (AvgIpc) is 2.97. The van der Waals surface area contributed by atoms with Crippen molar-refractivity contribution in [2.75, 3.05) is 25.4 Å². The van der Waals surface area contributed by atoms with Crippen LogP contribution in [0.5, 0.6) is 0 Å². The van der Waals surface area contributed by atoms with Gasteiger partial charge in [0.05, 0.1) is 22.0 Å². The monoisotopic (exact) mass is 318 g/mol. The van der Waals surface area contributed by atoms with Crippen molar-refractivity contribution in [2.24, 2.45) is 0 Å². The molecule has 1 aromatic heterocycles. The molecule has 3 rings (SSSR count). The van der Waals surface area contributed by atoms with Crippen LogP contribution in [0, 0.1) is 0 Å². The van der Waals surface area contributed by atoms with Crippen LogP contribution in [0.3, 0.4) is 0 Å². The number of nitrogens with one attached hydrogen (secondary N) is 2. The lowest BCUT2D eigenvalue weighted by atomic mass is 10.2. The molecule has 6 heteroatoms. The summed E-state index contributed by atoms with van der Waals surface area (Å²) in [5, 5.41) is 3.48. The zero-order valence-electron chi connectivity index (χ0n) is 13.0. The normalized spacial score (nSPS) is 20.3. The van der Waals surface area contributed by atoms with Crippen molar-refractivity contribution < 1.29 is 4.79 Å². The molecule has 118 valence electrons. The van der Waals surface area contributed by atoms with Crippen LogP contribution in [0.4, 0.5) is 0 Å². The van der Waals surface area contributed by atoms with E-state index in [1.807, 2.05) is 29.2 Å². The third-order valence-electron chi connectivity index (χ3n) is 4.07. The number of benzene rings is 1. The highest BCUT2D eigenvalue weighted by molar-refractivity contribution is 8.00. The van der Waals surface area contributed by atoms with Gasteiger partial charge in [-0.3, -0.25) is 4.79 Å². The van der Waals surface area contributed by atoms with Crippen LogP contribution in [0.15, 0.2) is 24.3 Å². The molecule has 0 bridgehead atoms. The van der Waals surface area contributed by atoms with Crippen molar-refractivity contribution in [3.63, 3.8) is 0 Å². The minimum Gasteiger partial charge on any atom is -0.341 e. The molecule has 1 aliphatic rings. The summed E-state index contributed by atoms with van der Waals surface area (Å²) in [5.41, 5.74) is 2.03.